The van der Waals surface area contributed by atoms with Crippen LogP contribution in [0.3, 0.4) is 0 Å². The van der Waals surface area contributed by atoms with E-state index in [0.29, 0.717) is 0 Å². The van der Waals surface area contributed by atoms with Gasteiger partial charge in [-0.1, -0.05) is 50.1 Å². The van der Waals surface area contributed by atoms with Crippen molar-refractivity contribution in [3.05, 3.63) is 42.5 Å². The molecule has 2 rings (SSSR count). The largest absolute Gasteiger partial charge is 0.480 e. The van der Waals surface area contributed by atoms with Crippen molar-refractivity contribution in [2.75, 3.05) is 11.4 Å². The predicted molar refractivity (Wildman–Crippen MR) is 87.9 cm³/mol. The molecule has 0 radical (unpaired) electrons. The van der Waals surface area contributed by atoms with Gasteiger partial charge in [0, 0.05) is 12.2 Å². The van der Waals surface area contributed by atoms with E-state index in [2.05, 4.69) is 31.2 Å². The average Bonchev–Trinajstić information content (AvgIpc) is 2.50. The van der Waals surface area contributed by atoms with Crippen molar-refractivity contribution in [3.63, 3.8) is 0 Å². The van der Waals surface area contributed by atoms with Crippen molar-refractivity contribution < 1.29 is 9.90 Å². The summed E-state index contributed by atoms with van der Waals surface area (Å²) in [5, 5.41) is 11.7. The van der Waals surface area contributed by atoms with E-state index in [0.717, 1.165) is 36.9 Å². The van der Waals surface area contributed by atoms with Gasteiger partial charge in [0.1, 0.15) is 6.04 Å². The van der Waals surface area contributed by atoms with E-state index in [1.165, 1.54) is 5.39 Å². The summed E-state index contributed by atoms with van der Waals surface area (Å²) >= 11 is 0. The number of carboxylic acid groups (broad SMARTS) is 1. The maximum atomic E-state index is 11.4. The van der Waals surface area contributed by atoms with Gasteiger partial charge in [-0.3, -0.25) is 0 Å². The highest BCUT2D eigenvalue weighted by molar-refractivity contribution is 5.87. The van der Waals surface area contributed by atoms with Crippen LogP contribution in [0.5, 0.6) is 0 Å². The first-order chi connectivity index (χ1) is 10.1. The summed E-state index contributed by atoms with van der Waals surface area (Å²) in [7, 11) is 0. The molecule has 0 aliphatic carbocycles. The molecule has 0 heterocycles. The summed E-state index contributed by atoms with van der Waals surface area (Å²) in [6.45, 7) is 4.68. The molecule has 0 saturated heterocycles. The molecular formula is C18H23NO2. The molecule has 0 saturated carbocycles. The number of nitrogens with zero attached hydrogens (tertiary/aromatic N) is 1. The Balaban J connectivity index is 2.30. The van der Waals surface area contributed by atoms with Gasteiger partial charge in [-0.05, 0) is 36.2 Å². The highest BCUT2D eigenvalue weighted by Gasteiger charge is 2.20. The molecule has 0 aliphatic heterocycles. The number of benzene rings is 2. The Bertz CT molecular complexity index is 609. The summed E-state index contributed by atoms with van der Waals surface area (Å²) in [5.74, 6) is -0.778. The van der Waals surface area contributed by atoms with Crippen LogP contribution in [0.25, 0.3) is 10.8 Å². The van der Waals surface area contributed by atoms with Gasteiger partial charge >= 0.3 is 5.97 Å². The molecule has 2 aromatic carbocycles. The number of hydrogen-bond acceptors (Lipinski definition) is 2. The molecule has 0 aliphatic rings. The lowest BCUT2D eigenvalue weighted by molar-refractivity contribution is -0.138. The summed E-state index contributed by atoms with van der Waals surface area (Å²) < 4.78 is 0. The van der Waals surface area contributed by atoms with Crippen molar-refractivity contribution >= 4 is 22.4 Å². The van der Waals surface area contributed by atoms with E-state index in [-0.39, 0.29) is 0 Å². The normalized spacial score (nSPS) is 12.3. The summed E-state index contributed by atoms with van der Waals surface area (Å²) in [5.41, 5.74) is 0.986. The molecule has 112 valence electrons. The lowest BCUT2D eigenvalue weighted by atomic mass is 10.1. The minimum Gasteiger partial charge on any atom is -0.480 e. The fraction of sp³-hybridized carbons (Fsp3) is 0.389. The highest BCUT2D eigenvalue weighted by atomic mass is 16.4. The molecule has 1 atom stereocenters. The molecule has 2 aromatic rings. The number of aliphatic carboxylic acids is 1. The number of rotatable bonds is 7. The predicted octanol–water partition coefficient (Wildman–Crippen LogP) is 4.31. The molecule has 3 nitrogen and oxygen atoms in total. The van der Waals surface area contributed by atoms with Gasteiger partial charge in [-0.25, -0.2) is 4.79 Å². The average molecular weight is 285 g/mol. The van der Waals surface area contributed by atoms with Crippen LogP contribution in [0.15, 0.2) is 42.5 Å². The van der Waals surface area contributed by atoms with E-state index >= 15 is 0 Å². The monoisotopic (exact) mass is 285 g/mol. The Morgan fingerprint density at radius 3 is 2.52 bits per heavy atom. The number of anilines is 1. The van der Waals surface area contributed by atoms with Gasteiger partial charge in [0.15, 0.2) is 0 Å². The smallest absolute Gasteiger partial charge is 0.326 e. The summed E-state index contributed by atoms with van der Waals surface area (Å²) in [6, 6.07) is 13.8. The lowest BCUT2D eigenvalue weighted by Crippen LogP contribution is -2.39. The second-order valence-electron chi connectivity index (χ2n) is 5.45. The maximum absolute atomic E-state index is 11.4. The van der Waals surface area contributed by atoms with Crippen LogP contribution < -0.4 is 4.90 Å². The Morgan fingerprint density at radius 1 is 1.14 bits per heavy atom. The SMILES string of the molecule is CCCCCN(c1ccc2ccccc2c1)[C@@H](C)C(=O)O. The Morgan fingerprint density at radius 2 is 1.86 bits per heavy atom. The molecule has 0 fully saturated rings. The standard InChI is InChI=1S/C18H23NO2/c1-3-4-7-12-19(14(2)18(20)21)17-11-10-15-8-5-6-9-16(15)13-17/h5-6,8-11,13-14H,3-4,7,12H2,1-2H3,(H,20,21)/t14-/m0/s1. The van der Waals surface area contributed by atoms with Gasteiger partial charge in [0.2, 0.25) is 0 Å². The van der Waals surface area contributed by atoms with Gasteiger partial charge in [-0.15, -0.1) is 0 Å². The molecule has 0 bridgehead atoms. The van der Waals surface area contributed by atoms with E-state index < -0.39 is 12.0 Å². The van der Waals surface area contributed by atoms with Crippen molar-refractivity contribution in [1.29, 1.82) is 0 Å². The zero-order valence-corrected chi connectivity index (χ0v) is 12.7. The summed E-state index contributed by atoms with van der Waals surface area (Å²) in [4.78, 5) is 13.4. The van der Waals surface area contributed by atoms with Gasteiger partial charge in [0.25, 0.3) is 0 Å². The van der Waals surface area contributed by atoms with Crippen LogP contribution in [0.4, 0.5) is 5.69 Å². The van der Waals surface area contributed by atoms with E-state index in [9.17, 15) is 9.90 Å². The van der Waals surface area contributed by atoms with Crippen LogP contribution in [0.2, 0.25) is 0 Å². The topological polar surface area (TPSA) is 40.5 Å². The molecule has 0 spiro atoms. The van der Waals surface area contributed by atoms with Gasteiger partial charge < -0.3 is 10.0 Å². The third-order valence-electron chi connectivity index (χ3n) is 3.89. The second kappa shape index (κ2) is 7.11. The third kappa shape index (κ3) is 3.75. The fourth-order valence-electron chi connectivity index (χ4n) is 2.57. The first-order valence-corrected chi connectivity index (χ1v) is 7.61. The molecular weight excluding hydrogens is 262 g/mol. The minimum atomic E-state index is -0.778. The molecule has 1 N–H and O–H groups in total. The number of carbonyl (C=O) groups is 1. The maximum Gasteiger partial charge on any atom is 0.326 e. The Labute approximate surface area is 126 Å². The zero-order valence-electron chi connectivity index (χ0n) is 12.7. The number of carboxylic acids is 1. The third-order valence-corrected chi connectivity index (χ3v) is 3.89. The van der Waals surface area contributed by atoms with Crippen molar-refractivity contribution in [1.82, 2.24) is 0 Å². The highest BCUT2D eigenvalue weighted by Crippen LogP contribution is 2.24. The van der Waals surface area contributed by atoms with E-state index in [1.54, 1.807) is 6.92 Å². The van der Waals surface area contributed by atoms with Crippen LogP contribution in [0, 0.1) is 0 Å². The fourth-order valence-corrected chi connectivity index (χ4v) is 2.57. The van der Waals surface area contributed by atoms with Crippen LogP contribution in [0.1, 0.15) is 33.1 Å². The second-order valence-corrected chi connectivity index (χ2v) is 5.45. The molecule has 0 aromatic heterocycles. The minimum absolute atomic E-state index is 0.511. The first-order valence-electron chi connectivity index (χ1n) is 7.61. The van der Waals surface area contributed by atoms with Crippen molar-refractivity contribution in [3.8, 4) is 0 Å². The molecule has 21 heavy (non-hydrogen) atoms. The molecule has 3 heteroatoms. The zero-order chi connectivity index (χ0) is 15.2. The number of fused-ring (bicyclic) bond motifs is 1. The first kappa shape index (κ1) is 15.4. The van der Waals surface area contributed by atoms with Crippen LogP contribution in [-0.4, -0.2) is 23.7 Å². The number of hydrogen-bond donors (Lipinski definition) is 1. The molecule has 0 amide bonds. The number of unbranched alkanes of at least 4 members (excludes halogenated alkanes) is 2. The van der Waals surface area contributed by atoms with Crippen molar-refractivity contribution in [2.45, 2.75) is 39.2 Å². The quantitative estimate of drug-likeness (QED) is 0.771. The van der Waals surface area contributed by atoms with E-state index in [1.807, 2.05) is 23.1 Å². The Hall–Kier alpha value is -2.03. The van der Waals surface area contributed by atoms with E-state index in [4.69, 9.17) is 0 Å². The lowest BCUT2D eigenvalue weighted by Gasteiger charge is -2.29. The van der Waals surface area contributed by atoms with Gasteiger partial charge in [-0.2, -0.15) is 0 Å². The molecule has 0 unspecified atom stereocenters. The Kier molecular flexibility index (Phi) is 5.20. The van der Waals surface area contributed by atoms with Crippen LogP contribution in [-0.2, 0) is 4.79 Å². The van der Waals surface area contributed by atoms with Crippen LogP contribution >= 0.6 is 0 Å². The summed E-state index contributed by atoms with van der Waals surface area (Å²) in [6.07, 6.45) is 3.27. The van der Waals surface area contributed by atoms with Gasteiger partial charge in [0.05, 0.1) is 0 Å². The van der Waals surface area contributed by atoms with Crippen molar-refractivity contribution in [2.24, 2.45) is 0 Å².